The van der Waals surface area contributed by atoms with Gasteiger partial charge in [0, 0.05) is 12.3 Å². The number of Topliss-reactive ketones (excluding diaryl/α,β-unsaturated/α-hetero) is 1. The van der Waals surface area contributed by atoms with Crippen molar-refractivity contribution in [2.45, 2.75) is 53.9 Å². The first-order chi connectivity index (χ1) is 7.95. The van der Waals surface area contributed by atoms with Crippen molar-refractivity contribution in [2.75, 3.05) is 0 Å². The maximum Gasteiger partial charge on any atom is 0.140 e. The first-order valence-corrected chi connectivity index (χ1v) is 6.55. The van der Waals surface area contributed by atoms with E-state index in [1.165, 1.54) is 22.3 Å². The molecule has 0 aromatic heterocycles. The van der Waals surface area contributed by atoms with Crippen molar-refractivity contribution in [2.24, 2.45) is 5.92 Å². The highest BCUT2D eigenvalue weighted by molar-refractivity contribution is 5.83. The van der Waals surface area contributed by atoms with Gasteiger partial charge in [0.1, 0.15) is 5.78 Å². The summed E-state index contributed by atoms with van der Waals surface area (Å²) in [5.41, 5.74) is 5.00. The molecule has 0 aliphatic rings. The fraction of sp³-hybridized carbons (Fsp3) is 0.562. The standard InChI is InChI=1S/C16H24O/c1-6-7-12(3)16(17)10-15-13(4)8-11(2)9-14(15)5/h8-9,12H,6-7,10H2,1-5H3. The van der Waals surface area contributed by atoms with Gasteiger partial charge in [-0.2, -0.15) is 0 Å². The molecule has 0 aliphatic carbocycles. The predicted molar refractivity (Wildman–Crippen MR) is 73.4 cm³/mol. The highest BCUT2D eigenvalue weighted by atomic mass is 16.1. The van der Waals surface area contributed by atoms with Gasteiger partial charge in [-0.25, -0.2) is 0 Å². The zero-order valence-corrected chi connectivity index (χ0v) is 11.8. The molecular weight excluding hydrogens is 208 g/mol. The molecule has 94 valence electrons. The van der Waals surface area contributed by atoms with Gasteiger partial charge in [0.25, 0.3) is 0 Å². The molecule has 0 bridgehead atoms. The topological polar surface area (TPSA) is 17.1 Å². The van der Waals surface area contributed by atoms with Crippen LogP contribution < -0.4 is 0 Å². The molecule has 0 aliphatic heterocycles. The maximum absolute atomic E-state index is 12.1. The van der Waals surface area contributed by atoms with E-state index in [9.17, 15) is 4.79 Å². The summed E-state index contributed by atoms with van der Waals surface area (Å²) < 4.78 is 0. The molecule has 0 amide bonds. The molecule has 1 rings (SSSR count). The first-order valence-electron chi connectivity index (χ1n) is 6.55. The van der Waals surface area contributed by atoms with E-state index >= 15 is 0 Å². The number of benzene rings is 1. The molecule has 0 saturated carbocycles. The zero-order valence-electron chi connectivity index (χ0n) is 11.8. The van der Waals surface area contributed by atoms with Gasteiger partial charge in [-0.15, -0.1) is 0 Å². The second-order valence-electron chi connectivity index (χ2n) is 5.21. The van der Waals surface area contributed by atoms with Crippen LogP contribution in [0.2, 0.25) is 0 Å². The number of hydrogen-bond acceptors (Lipinski definition) is 1. The van der Waals surface area contributed by atoms with Gasteiger partial charge in [-0.3, -0.25) is 4.79 Å². The smallest absolute Gasteiger partial charge is 0.140 e. The van der Waals surface area contributed by atoms with Crippen LogP contribution in [0.3, 0.4) is 0 Å². The van der Waals surface area contributed by atoms with E-state index in [4.69, 9.17) is 0 Å². The summed E-state index contributed by atoms with van der Waals surface area (Å²) in [5.74, 6) is 0.571. The summed E-state index contributed by atoms with van der Waals surface area (Å²) in [6.07, 6.45) is 2.68. The number of aryl methyl sites for hydroxylation is 3. The quantitative estimate of drug-likeness (QED) is 0.745. The average Bonchev–Trinajstić information content (AvgIpc) is 2.23. The minimum Gasteiger partial charge on any atom is -0.299 e. The Kier molecular flexibility index (Phi) is 4.92. The molecule has 0 radical (unpaired) electrons. The van der Waals surface area contributed by atoms with E-state index in [1.807, 2.05) is 6.92 Å². The fourth-order valence-electron chi connectivity index (χ4n) is 2.43. The minimum absolute atomic E-state index is 0.195. The monoisotopic (exact) mass is 232 g/mol. The van der Waals surface area contributed by atoms with Gasteiger partial charge < -0.3 is 0 Å². The summed E-state index contributed by atoms with van der Waals surface area (Å²) in [6.45, 7) is 10.5. The van der Waals surface area contributed by atoms with Crippen LogP contribution in [0.4, 0.5) is 0 Å². The zero-order chi connectivity index (χ0) is 13.0. The van der Waals surface area contributed by atoms with Gasteiger partial charge in [-0.1, -0.05) is 38.0 Å². The normalized spacial score (nSPS) is 12.5. The first kappa shape index (κ1) is 14.0. The Balaban J connectivity index is 2.85. The van der Waals surface area contributed by atoms with E-state index in [2.05, 4.69) is 39.8 Å². The Labute approximate surface area is 105 Å². The van der Waals surface area contributed by atoms with Crippen molar-refractivity contribution >= 4 is 5.78 Å². The number of hydrogen-bond donors (Lipinski definition) is 0. The van der Waals surface area contributed by atoms with Crippen molar-refractivity contribution in [1.82, 2.24) is 0 Å². The Morgan fingerprint density at radius 3 is 2.18 bits per heavy atom. The molecule has 1 nitrogen and oxygen atoms in total. The predicted octanol–water partition coefficient (Wildman–Crippen LogP) is 4.16. The van der Waals surface area contributed by atoms with E-state index < -0.39 is 0 Å². The second-order valence-corrected chi connectivity index (χ2v) is 5.21. The minimum atomic E-state index is 0.195. The lowest BCUT2D eigenvalue weighted by Crippen LogP contribution is -2.15. The molecule has 1 aromatic carbocycles. The number of carbonyl (C=O) groups excluding carboxylic acids is 1. The van der Waals surface area contributed by atoms with E-state index in [1.54, 1.807) is 0 Å². The molecule has 0 fully saturated rings. The third-order valence-electron chi connectivity index (χ3n) is 3.46. The lowest BCUT2D eigenvalue weighted by molar-refractivity contribution is -0.121. The molecule has 1 atom stereocenters. The Hall–Kier alpha value is -1.11. The van der Waals surface area contributed by atoms with Gasteiger partial charge in [0.05, 0.1) is 0 Å². The van der Waals surface area contributed by atoms with Crippen LogP contribution in [-0.2, 0) is 11.2 Å². The van der Waals surface area contributed by atoms with Crippen LogP contribution in [0.15, 0.2) is 12.1 Å². The largest absolute Gasteiger partial charge is 0.299 e. The summed E-state index contributed by atoms with van der Waals surface area (Å²) in [6, 6.07) is 4.33. The van der Waals surface area contributed by atoms with Crippen molar-refractivity contribution in [3.05, 3.63) is 34.4 Å². The number of rotatable bonds is 5. The van der Waals surface area contributed by atoms with Gasteiger partial charge in [0.2, 0.25) is 0 Å². The van der Waals surface area contributed by atoms with Crippen LogP contribution in [0.5, 0.6) is 0 Å². The Morgan fingerprint density at radius 1 is 1.18 bits per heavy atom. The summed E-state index contributed by atoms with van der Waals surface area (Å²) in [7, 11) is 0. The second kappa shape index (κ2) is 6.00. The number of ketones is 1. The van der Waals surface area contributed by atoms with Crippen molar-refractivity contribution in [1.29, 1.82) is 0 Å². The van der Waals surface area contributed by atoms with E-state index in [0.717, 1.165) is 12.8 Å². The molecule has 1 aromatic rings. The average molecular weight is 232 g/mol. The Bertz CT molecular complexity index is 381. The molecular formula is C16H24O. The SMILES string of the molecule is CCCC(C)C(=O)Cc1c(C)cc(C)cc1C. The van der Waals surface area contributed by atoms with Crippen LogP contribution in [0, 0.1) is 26.7 Å². The van der Waals surface area contributed by atoms with Crippen molar-refractivity contribution in [3.63, 3.8) is 0 Å². The fourth-order valence-corrected chi connectivity index (χ4v) is 2.43. The molecule has 0 heterocycles. The van der Waals surface area contributed by atoms with Crippen molar-refractivity contribution in [3.8, 4) is 0 Å². The Morgan fingerprint density at radius 2 is 1.71 bits per heavy atom. The molecule has 0 saturated heterocycles. The highest BCUT2D eigenvalue weighted by Gasteiger charge is 2.15. The van der Waals surface area contributed by atoms with Crippen molar-refractivity contribution < 1.29 is 4.79 Å². The number of carbonyl (C=O) groups is 1. The van der Waals surface area contributed by atoms with E-state index in [-0.39, 0.29) is 5.92 Å². The lowest BCUT2D eigenvalue weighted by Gasteiger charge is -2.13. The van der Waals surface area contributed by atoms with Crippen LogP contribution in [0.25, 0.3) is 0 Å². The van der Waals surface area contributed by atoms with Gasteiger partial charge in [-0.05, 0) is 43.9 Å². The summed E-state index contributed by atoms with van der Waals surface area (Å²) in [4.78, 5) is 12.1. The third kappa shape index (κ3) is 3.69. The summed E-state index contributed by atoms with van der Waals surface area (Å²) in [5, 5.41) is 0. The molecule has 17 heavy (non-hydrogen) atoms. The van der Waals surface area contributed by atoms with Crippen LogP contribution >= 0.6 is 0 Å². The highest BCUT2D eigenvalue weighted by Crippen LogP contribution is 2.19. The summed E-state index contributed by atoms with van der Waals surface area (Å²) >= 11 is 0. The van der Waals surface area contributed by atoms with Gasteiger partial charge >= 0.3 is 0 Å². The molecule has 0 spiro atoms. The molecule has 1 unspecified atom stereocenters. The van der Waals surface area contributed by atoms with Crippen LogP contribution in [0.1, 0.15) is 48.9 Å². The molecule has 0 N–H and O–H groups in total. The molecule has 1 heteroatoms. The van der Waals surface area contributed by atoms with Gasteiger partial charge in [0.15, 0.2) is 0 Å². The maximum atomic E-state index is 12.1. The lowest BCUT2D eigenvalue weighted by atomic mass is 9.90. The van der Waals surface area contributed by atoms with E-state index in [0.29, 0.717) is 12.2 Å². The van der Waals surface area contributed by atoms with Crippen LogP contribution in [-0.4, -0.2) is 5.78 Å². The third-order valence-corrected chi connectivity index (χ3v) is 3.46.